The Balaban J connectivity index is 0.000000181. The van der Waals surface area contributed by atoms with Crippen molar-refractivity contribution < 1.29 is 9.59 Å². The van der Waals surface area contributed by atoms with Gasteiger partial charge in [-0.2, -0.15) is 0 Å². The Labute approximate surface area is 101 Å². The van der Waals surface area contributed by atoms with Gasteiger partial charge in [0.25, 0.3) is 0 Å². The Morgan fingerprint density at radius 3 is 2.35 bits per heavy atom. The van der Waals surface area contributed by atoms with Crippen molar-refractivity contribution in [1.82, 2.24) is 5.32 Å². The molecule has 0 spiro atoms. The Hall–Kier alpha value is -1.84. The highest BCUT2D eigenvalue weighted by Gasteiger charge is 2.04. The van der Waals surface area contributed by atoms with Gasteiger partial charge in [0.1, 0.15) is 0 Å². The average molecular weight is 234 g/mol. The average Bonchev–Trinajstić information content (AvgIpc) is 2.31. The molecule has 0 aromatic heterocycles. The van der Waals surface area contributed by atoms with Crippen molar-refractivity contribution in [3.8, 4) is 0 Å². The van der Waals surface area contributed by atoms with Crippen LogP contribution in [0, 0.1) is 6.92 Å². The van der Waals surface area contributed by atoms with Crippen molar-refractivity contribution in [2.45, 2.75) is 26.2 Å². The zero-order chi connectivity index (χ0) is 12.7. The monoisotopic (exact) mass is 234 g/mol. The molecule has 0 atom stereocenters. The quantitative estimate of drug-likeness (QED) is 0.770. The summed E-state index contributed by atoms with van der Waals surface area (Å²) >= 11 is 0. The molecule has 1 aliphatic rings. The molecule has 3 N–H and O–H groups in total. The van der Waals surface area contributed by atoms with Crippen molar-refractivity contribution in [1.29, 1.82) is 0 Å². The van der Waals surface area contributed by atoms with E-state index in [0.29, 0.717) is 5.56 Å². The molecule has 2 amide bonds. The molecule has 4 nitrogen and oxygen atoms in total. The molecule has 0 unspecified atom stereocenters. The summed E-state index contributed by atoms with van der Waals surface area (Å²) in [5.41, 5.74) is 6.60. The minimum atomic E-state index is -0.363. The molecule has 0 aliphatic carbocycles. The SMILES string of the molecule is Cc1ccccc1C(N)=O.O=C1CCCCN1. The van der Waals surface area contributed by atoms with Gasteiger partial charge in [-0.05, 0) is 31.4 Å². The normalized spacial score (nSPS) is 14.3. The number of rotatable bonds is 1. The maximum Gasteiger partial charge on any atom is 0.248 e. The second-order valence-electron chi connectivity index (χ2n) is 3.99. The van der Waals surface area contributed by atoms with E-state index in [2.05, 4.69) is 5.32 Å². The standard InChI is InChI=1S/C8H9NO.C5H9NO/c1-6-4-2-3-5-7(6)8(9)10;7-5-3-1-2-4-6-5/h2-5H,1H3,(H2,9,10);1-4H2,(H,6,7). The summed E-state index contributed by atoms with van der Waals surface area (Å²) in [5.74, 6) is -0.149. The number of carbonyl (C=O) groups is 2. The smallest absolute Gasteiger partial charge is 0.248 e. The fraction of sp³-hybridized carbons (Fsp3) is 0.385. The second kappa shape index (κ2) is 6.68. The third-order valence-electron chi connectivity index (χ3n) is 2.56. The van der Waals surface area contributed by atoms with Gasteiger partial charge >= 0.3 is 0 Å². The van der Waals surface area contributed by atoms with Crippen molar-refractivity contribution in [2.75, 3.05) is 6.54 Å². The third-order valence-corrected chi connectivity index (χ3v) is 2.56. The van der Waals surface area contributed by atoms with Gasteiger partial charge < -0.3 is 11.1 Å². The van der Waals surface area contributed by atoms with Crippen LogP contribution < -0.4 is 11.1 Å². The molecule has 92 valence electrons. The van der Waals surface area contributed by atoms with Crippen LogP contribution in [-0.2, 0) is 4.79 Å². The van der Waals surface area contributed by atoms with Gasteiger partial charge in [-0.15, -0.1) is 0 Å². The maximum atomic E-state index is 10.6. The molecule has 1 aliphatic heterocycles. The number of nitrogens with one attached hydrogen (secondary N) is 1. The van der Waals surface area contributed by atoms with E-state index >= 15 is 0 Å². The summed E-state index contributed by atoms with van der Waals surface area (Å²) in [5, 5.41) is 2.74. The molecule has 1 aromatic rings. The van der Waals surface area contributed by atoms with Crippen molar-refractivity contribution >= 4 is 11.8 Å². The van der Waals surface area contributed by atoms with Crippen molar-refractivity contribution in [3.05, 3.63) is 35.4 Å². The molecule has 0 bridgehead atoms. The van der Waals surface area contributed by atoms with E-state index in [4.69, 9.17) is 5.73 Å². The highest BCUT2D eigenvalue weighted by molar-refractivity contribution is 5.94. The summed E-state index contributed by atoms with van der Waals surface area (Å²) in [6.45, 7) is 2.75. The van der Waals surface area contributed by atoms with Crippen LogP contribution in [0.2, 0.25) is 0 Å². The van der Waals surface area contributed by atoms with Crippen LogP contribution in [0.25, 0.3) is 0 Å². The Kier molecular flexibility index (Phi) is 5.20. The highest BCUT2D eigenvalue weighted by atomic mass is 16.1. The Morgan fingerprint density at radius 2 is 2.00 bits per heavy atom. The van der Waals surface area contributed by atoms with Crippen LogP contribution in [0.4, 0.5) is 0 Å². The lowest BCUT2D eigenvalue weighted by Crippen LogP contribution is -2.28. The summed E-state index contributed by atoms with van der Waals surface area (Å²) < 4.78 is 0. The number of piperidine rings is 1. The van der Waals surface area contributed by atoms with E-state index in [9.17, 15) is 9.59 Å². The van der Waals surface area contributed by atoms with Gasteiger partial charge in [0.05, 0.1) is 0 Å². The van der Waals surface area contributed by atoms with Crippen LogP contribution in [0.15, 0.2) is 24.3 Å². The summed E-state index contributed by atoms with van der Waals surface area (Å²) in [6.07, 6.45) is 2.97. The first-order valence-electron chi connectivity index (χ1n) is 5.73. The summed E-state index contributed by atoms with van der Waals surface area (Å²) in [7, 11) is 0. The predicted molar refractivity (Wildman–Crippen MR) is 66.6 cm³/mol. The number of hydrogen-bond acceptors (Lipinski definition) is 2. The lowest BCUT2D eigenvalue weighted by atomic mass is 10.1. The van der Waals surface area contributed by atoms with Crippen molar-refractivity contribution in [2.24, 2.45) is 5.73 Å². The molecule has 0 radical (unpaired) electrons. The van der Waals surface area contributed by atoms with Gasteiger partial charge in [0, 0.05) is 18.5 Å². The largest absolute Gasteiger partial charge is 0.366 e. The van der Waals surface area contributed by atoms with Crippen LogP contribution >= 0.6 is 0 Å². The topological polar surface area (TPSA) is 72.2 Å². The van der Waals surface area contributed by atoms with E-state index in [1.54, 1.807) is 12.1 Å². The molecule has 1 saturated heterocycles. The number of hydrogen-bond donors (Lipinski definition) is 2. The molecule has 17 heavy (non-hydrogen) atoms. The van der Waals surface area contributed by atoms with Crippen molar-refractivity contribution in [3.63, 3.8) is 0 Å². The van der Waals surface area contributed by atoms with Gasteiger partial charge in [-0.1, -0.05) is 18.2 Å². The Morgan fingerprint density at radius 1 is 1.29 bits per heavy atom. The molecule has 4 heteroatoms. The number of carbonyl (C=O) groups excluding carboxylic acids is 2. The molecule has 1 aromatic carbocycles. The molecule has 0 saturated carbocycles. The first-order valence-corrected chi connectivity index (χ1v) is 5.73. The number of nitrogens with two attached hydrogens (primary N) is 1. The lowest BCUT2D eigenvalue weighted by molar-refractivity contribution is -0.122. The number of benzene rings is 1. The zero-order valence-electron chi connectivity index (χ0n) is 10.0. The highest BCUT2D eigenvalue weighted by Crippen LogP contribution is 2.04. The molecular formula is C13H18N2O2. The van der Waals surface area contributed by atoms with Crippen LogP contribution in [0.5, 0.6) is 0 Å². The zero-order valence-corrected chi connectivity index (χ0v) is 10.0. The minimum absolute atomic E-state index is 0.214. The van der Waals surface area contributed by atoms with E-state index in [1.807, 2.05) is 19.1 Å². The van der Waals surface area contributed by atoms with Gasteiger partial charge in [0.15, 0.2) is 0 Å². The van der Waals surface area contributed by atoms with Crippen LogP contribution in [0.3, 0.4) is 0 Å². The first-order chi connectivity index (χ1) is 8.11. The number of aryl methyl sites for hydroxylation is 1. The second-order valence-corrected chi connectivity index (χ2v) is 3.99. The molecular weight excluding hydrogens is 216 g/mol. The van der Waals surface area contributed by atoms with Gasteiger partial charge in [0.2, 0.25) is 11.8 Å². The van der Waals surface area contributed by atoms with Gasteiger partial charge in [-0.3, -0.25) is 9.59 Å². The minimum Gasteiger partial charge on any atom is -0.366 e. The summed E-state index contributed by atoms with van der Waals surface area (Å²) in [4.78, 5) is 21.0. The summed E-state index contributed by atoms with van der Waals surface area (Å²) in [6, 6.07) is 7.26. The third kappa shape index (κ3) is 4.68. The lowest BCUT2D eigenvalue weighted by Gasteiger charge is -2.08. The number of primary amides is 1. The molecule has 2 rings (SSSR count). The molecule has 1 fully saturated rings. The van der Waals surface area contributed by atoms with E-state index in [0.717, 1.165) is 31.4 Å². The van der Waals surface area contributed by atoms with E-state index in [-0.39, 0.29) is 11.8 Å². The van der Waals surface area contributed by atoms with Gasteiger partial charge in [-0.25, -0.2) is 0 Å². The van der Waals surface area contributed by atoms with Crippen LogP contribution in [-0.4, -0.2) is 18.4 Å². The van der Waals surface area contributed by atoms with E-state index < -0.39 is 0 Å². The number of amides is 2. The fourth-order valence-corrected chi connectivity index (χ4v) is 1.58. The first kappa shape index (κ1) is 13.2. The Bertz CT molecular complexity index is 394. The van der Waals surface area contributed by atoms with Crippen LogP contribution in [0.1, 0.15) is 35.2 Å². The maximum absolute atomic E-state index is 10.6. The molecule has 1 heterocycles. The van der Waals surface area contributed by atoms with E-state index in [1.165, 1.54) is 0 Å². The fourth-order valence-electron chi connectivity index (χ4n) is 1.58. The predicted octanol–water partition coefficient (Wildman–Crippen LogP) is 1.38.